The van der Waals surface area contributed by atoms with E-state index in [1.165, 1.54) is 11.1 Å². The molecule has 0 radical (unpaired) electrons. The van der Waals surface area contributed by atoms with Crippen LogP contribution in [0.2, 0.25) is 0 Å². The Balaban J connectivity index is 1.34. The van der Waals surface area contributed by atoms with Gasteiger partial charge in [-0.15, -0.1) is 0 Å². The number of carbonyl (C=O) groups excluding carboxylic acids is 1. The fourth-order valence-corrected chi connectivity index (χ4v) is 6.73. The third-order valence-corrected chi connectivity index (χ3v) is 9.36. The van der Waals surface area contributed by atoms with Gasteiger partial charge in [0.1, 0.15) is 5.75 Å². The Morgan fingerprint density at radius 3 is 2.34 bits per heavy atom. The average Bonchev–Trinajstić information content (AvgIpc) is 3.00. The number of aliphatic hydroxyl groups excluding tert-OH is 1. The molecule has 1 aromatic heterocycles. The van der Waals surface area contributed by atoms with Gasteiger partial charge in [-0.3, -0.25) is 9.78 Å². The van der Waals surface area contributed by atoms with Crippen LogP contribution in [0.4, 0.5) is 5.69 Å². The Labute approximate surface area is 246 Å². The number of rotatable bonds is 8. The van der Waals surface area contributed by atoms with Crippen LogP contribution in [0.25, 0.3) is 11.1 Å². The van der Waals surface area contributed by atoms with E-state index in [9.17, 15) is 9.90 Å². The molecule has 0 atom stereocenters. The lowest BCUT2D eigenvalue weighted by molar-refractivity contribution is -0.124. The van der Waals surface area contributed by atoms with Gasteiger partial charge in [0.05, 0.1) is 13.2 Å². The molecule has 5 nitrogen and oxygen atoms in total. The van der Waals surface area contributed by atoms with E-state index in [1.54, 1.807) is 7.11 Å². The molecule has 5 rings (SSSR count). The van der Waals surface area contributed by atoms with E-state index in [4.69, 9.17) is 4.74 Å². The summed E-state index contributed by atoms with van der Waals surface area (Å²) in [7, 11) is 1.73. The fraction of sp³-hybridized carbons (Fsp3) is 0.500. The summed E-state index contributed by atoms with van der Waals surface area (Å²) in [6, 6.07) is 19.3. The van der Waals surface area contributed by atoms with Crippen molar-refractivity contribution in [2.24, 2.45) is 11.8 Å². The van der Waals surface area contributed by atoms with Gasteiger partial charge >= 0.3 is 0 Å². The summed E-state index contributed by atoms with van der Waals surface area (Å²) in [5.41, 5.74) is 6.80. The molecule has 1 amide bonds. The van der Waals surface area contributed by atoms with E-state index in [-0.39, 0.29) is 17.9 Å². The Morgan fingerprint density at radius 1 is 0.951 bits per heavy atom. The average molecular weight is 555 g/mol. The number of amides is 1. The normalized spacial score (nSPS) is 22.9. The summed E-state index contributed by atoms with van der Waals surface area (Å²) >= 11 is 0. The van der Waals surface area contributed by atoms with E-state index < -0.39 is 0 Å². The van der Waals surface area contributed by atoms with Crippen molar-refractivity contribution in [2.45, 2.75) is 90.1 Å². The van der Waals surface area contributed by atoms with Crippen molar-refractivity contribution in [1.82, 2.24) is 4.98 Å². The standard InChI is InChI=1S/C36H46N2O3/c1-24(2)34-18-14-31(22-37-34)29-6-5-7-32(21-29)38(36(40)28-12-16-33(39)17-13-28)23-26-8-10-27(11-9-26)30-15-19-35(41-4)25(3)20-30/h5-7,14-15,18-22,24,26-28,33,39H,8-13,16-17,23H2,1-4H3/t26-,27-,28-,33-. The zero-order valence-electron chi connectivity index (χ0n) is 25.2. The van der Waals surface area contributed by atoms with E-state index in [1.807, 2.05) is 6.20 Å². The predicted octanol–water partition coefficient (Wildman–Crippen LogP) is 8.05. The highest BCUT2D eigenvalue weighted by atomic mass is 16.5. The maximum absolute atomic E-state index is 14.1. The van der Waals surface area contributed by atoms with E-state index in [0.29, 0.717) is 30.6 Å². The monoisotopic (exact) mass is 554 g/mol. The molecule has 2 aliphatic rings. The quantitative estimate of drug-likeness (QED) is 0.306. The van der Waals surface area contributed by atoms with Crippen molar-refractivity contribution in [3.05, 3.63) is 77.6 Å². The molecular weight excluding hydrogens is 508 g/mol. The minimum Gasteiger partial charge on any atom is -0.496 e. The third-order valence-electron chi connectivity index (χ3n) is 9.36. The Morgan fingerprint density at radius 2 is 1.71 bits per heavy atom. The molecule has 2 aliphatic carbocycles. The first kappa shape index (κ1) is 29.3. The van der Waals surface area contributed by atoms with Gasteiger partial charge < -0.3 is 14.7 Å². The molecule has 0 aliphatic heterocycles. The third kappa shape index (κ3) is 7.01. The molecule has 5 heteroatoms. The first-order valence-corrected chi connectivity index (χ1v) is 15.5. The molecule has 0 spiro atoms. The Kier molecular flexibility index (Phi) is 9.44. The number of hydrogen-bond acceptors (Lipinski definition) is 4. The second kappa shape index (κ2) is 13.2. The van der Waals surface area contributed by atoms with Gasteiger partial charge in [-0.05, 0) is 117 Å². The number of ether oxygens (including phenoxy) is 1. The number of nitrogens with zero attached hydrogens (tertiary/aromatic N) is 2. The zero-order chi connectivity index (χ0) is 28.9. The molecule has 2 fully saturated rings. The second-order valence-corrected chi connectivity index (χ2v) is 12.6. The summed E-state index contributed by atoms with van der Waals surface area (Å²) in [5.74, 6) is 2.56. The number of carbonyl (C=O) groups is 1. The van der Waals surface area contributed by atoms with Crippen molar-refractivity contribution in [1.29, 1.82) is 0 Å². The molecule has 2 saturated carbocycles. The van der Waals surface area contributed by atoms with Gasteiger partial charge in [-0.2, -0.15) is 0 Å². The van der Waals surface area contributed by atoms with Gasteiger partial charge in [0.15, 0.2) is 0 Å². The first-order chi connectivity index (χ1) is 19.8. The molecule has 0 unspecified atom stereocenters. The Bertz CT molecular complexity index is 1300. The number of anilines is 1. The molecule has 1 heterocycles. The molecule has 2 aromatic carbocycles. The zero-order valence-corrected chi connectivity index (χ0v) is 25.2. The van der Waals surface area contributed by atoms with Crippen LogP contribution in [0, 0.1) is 18.8 Å². The number of hydrogen-bond donors (Lipinski definition) is 1. The number of methoxy groups -OCH3 is 1. The summed E-state index contributed by atoms with van der Waals surface area (Å²) in [4.78, 5) is 20.8. The highest BCUT2D eigenvalue weighted by molar-refractivity contribution is 5.95. The van der Waals surface area contributed by atoms with Crippen molar-refractivity contribution >= 4 is 11.6 Å². The van der Waals surface area contributed by atoms with Crippen LogP contribution in [0.1, 0.15) is 93.9 Å². The molecule has 1 N–H and O–H groups in total. The molecule has 0 saturated heterocycles. The van der Waals surface area contributed by atoms with Crippen molar-refractivity contribution < 1.29 is 14.6 Å². The summed E-state index contributed by atoms with van der Waals surface area (Å²) in [5, 5.41) is 10.1. The topological polar surface area (TPSA) is 62.7 Å². The summed E-state index contributed by atoms with van der Waals surface area (Å²) in [6.45, 7) is 7.18. The smallest absolute Gasteiger partial charge is 0.230 e. The van der Waals surface area contributed by atoms with Crippen LogP contribution in [0.15, 0.2) is 60.8 Å². The number of benzene rings is 2. The van der Waals surface area contributed by atoms with E-state index >= 15 is 0 Å². The number of aryl methyl sites for hydroxylation is 1. The molecule has 41 heavy (non-hydrogen) atoms. The second-order valence-electron chi connectivity index (χ2n) is 12.6. The van der Waals surface area contributed by atoms with Gasteiger partial charge in [0.2, 0.25) is 5.91 Å². The highest BCUT2D eigenvalue weighted by Crippen LogP contribution is 2.39. The molecular formula is C36H46N2O3. The molecule has 3 aromatic rings. The fourth-order valence-electron chi connectivity index (χ4n) is 6.73. The highest BCUT2D eigenvalue weighted by Gasteiger charge is 2.32. The summed E-state index contributed by atoms with van der Waals surface area (Å²) in [6.07, 6.45) is 9.14. The largest absolute Gasteiger partial charge is 0.496 e. The lowest BCUT2D eigenvalue weighted by Gasteiger charge is -2.36. The summed E-state index contributed by atoms with van der Waals surface area (Å²) < 4.78 is 5.46. The minimum atomic E-state index is -0.269. The van der Waals surface area contributed by atoms with Gasteiger partial charge in [-0.1, -0.05) is 44.2 Å². The first-order valence-electron chi connectivity index (χ1n) is 15.5. The van der Waals surface area contributed by atoms with Crippen molar-refractivity contribution in [3.63, 3.8) is 0 Å². The maximum atomic E-state index is 14.1. The molecule has 218 valence electrons. The number of aromatic nitrogens is 1. The van der Waals surface area contributed by atoms with Crippen LogP contribution in [0.3, 0.4) is 0 Å². The number of pyridine rings is 1. The Hall–Kier alpha value is -3.18. The lowest BCUT2D eigenvalue weighted by atomic mass is 9.78. The van der Waals surface area contributed by atoms with Gasteiger partial charge in [-0.25, -0.2) is 0 Å². The van der Waals surface area contributed by atoms with Crippen molar-refractivity contribution in [3.8, 4) is 16.9 Å². The van der Waals surface area contributed by atoms with Crippen LogP contribution in [-0.2, 0) is 4.79 Å². The van der Waals surface area contributed by atoms with Crippen LogP contribution >= 0.6 is 0 Å². The minimum absolute atomic E-state index is 0.0207. The van der Waals surface area contributed by atoms with Crippen LogP contribution < -0.4 is 9.64 Å². The van der Waals surface area contributed by atoms with Crippen LogP contribution in [0.5, 0.6) is 5.75 Å². The van der Waals surface area contributed by atoms with E-state index in [0.717, 1.165) is 73.3 Å². The van der Waals surface area contributed by atoms with Crippen LogP contribution in [-0.4, -0.2) is 35.8 Å². The van der Waals surface area contributed by atoms with Gasteiger partial charge in [0.25, 0.3) is 0 Å². The number of aliphatic hydroxyl groups is 1. The van der Waals surface area contributed by atoms with Gasteiger partial charge in [0, 0.05) is 35.6 Å². The van der Waals surface area contributed by atoms with Crippen molar-refractivity contribution in [2.75, 3.05) is 18.6 Å². The molecule has 0 bridgehead atoms. The maximum Gasteiger partial charge on any atom is 0.230 e. The SMILES string of the molecule is COc1ccc([C@H]2CC[C@H](CN(c3cccc(-c4ccc(C(C)C)nc4)c3)C(=O)[C@H]3CC[C@H](O)CC3)CC2)cc1C. The predicted molar refractivity (Wildman–Crippen MR) is 167 cm³/mol. The van der Waals surface area contributed by atoms with E-state index in [2.05, 4.69) is 85.3 Å². The lowest BCUT2D eigenvalue weighted by Crippen LogP contribution is -2.41.